The Labute approximate surface area is 225 Å². The molecule has 9 nitrogen and oxygen atoms in total. The summed E-state index contributed by atoms with van der Waals surface area (Å²) in [6, 6.07) is 12.9. The molecule has 3 aromatic heterocycles. The summed E-state index contributed by atoms with van der Waals surface area (Å²) in [5.74, 6) is 1.58. The van der Waals surface area contributed by atoms with Gasteiger partial charge in [0.2, 0.25) is 0 Å². The van der Waals surface area contributed by atoms with Gasteiger partial charge in [0.05, 0.1) is 11.4 Å². The molecule has 1 atom stereocenters. The van der Waals surface area contributed by atoms with Crippen LogP contribution in [0.5, 0.6) is 0 Å². The van der Waals surface area contributed by atoms with Crippen molar-refractivity contribution in [3.05, 3.63) is 53.9 Å². The van der Waals surface area contributed by atoms with E-state index >= 15 is 0 Å². The largest absolute Gasteiger partial charge is 0.423 e. The number of aryl methyl sites for hydroxylation is 2. The number of thioether (sulfide) groups is 1. The summed E-state index contributed by atoms with van der Waals surface area (Å²) >= 11 is 1.89. The summed E-state index contributed by atoms with van der Waals surface area (Å²) in [4.78, 5) is 16.0. The Kier molecular flexibility index (Phi) is 6.67. The molecule has 2 aromatic carbocycles. The third-order valence-corrected chi connectivity index (χ3v) is 7.78. The quantitative estimate of drug-likeness (QED) is 0.280. The normalized spacial score (nSPS) is 16.4. The van der Waals surface area contributed by atoms with Gasteiger partial charge in [0.25, 0.3) is 6.01 Å². The van der Waals surface area contributed by atoms with Crippen LogP contribution in [0.2, 0.25) is 0 Å². The molecule has 1 fully saturated rings. The number of aromatic nitrogens is 5. The summed E-state index contributed by atoms with van der Waals surface area (Å²) in [5.41, 5.74) is 13.7. The standard InChI is InChI=1S/C28H32N8OS/c1-17-13-18(2)25-22(14-17)33-28(37-25)32-20-8-6-19(7-9-20)24-23-26(29)30-16-31-27(23)36(34-24)21-5-4-10-35(15-21)11-12-38-3/h6-9,13-14,16,21H,4-5,10-12,15H2,1-3H3,(H,32,33)(H2,29,30,31)/t21-/m1/s1. The van der Waals surface area contributed by atoms with E-state index in [0.717, 1.165) is 88.4 Å². The first-order valence-corrected chi connectivity index (χ1v) is 14.3. The number of benzene rings is 2. The predicted octanol–water partition coefficient (Wildman–Crippen LogP) is 5.58. The minimum absolute atomic E-state index is 0.253. The first-order chi connectivity index (χ1) is 18.5. The lowest BCUT2D eigenvalue weighted by atomic mass is 10.1. The molecule has 0 amide bonds. The van der Waals surface area contributed by atoms with Gasteiger partial charge >= 0.3 is 0 Å². The Morgan fingerprint density at radius 1 is 1.16 bits per heavy atom. The van der Waals surface area contributed by atoms with Gasteiger partial charge in [-0.2, -0.15) is 21.8 Å². The van der Waals surface area contributed by atoms with Gasteiger partial charge in [-0.15, -0.1) is 0 Å². The van der Waals surface area contributed by atoms with Crippen LogP contribution in [0.25, 0.3) is 33.4 Å². The Morgan fingerprint density at radius 3 is 2.82 bits per heavy atom. The number of oxazole rings is 1. The van der Waals surface area contributed by atoms with Crippen LogP contribution in [0, 0.1) is 13.8 Å². The van der Waals surface area contributed by atoms with E-state index in [1.165, 1.54) is 6.33 Å². The molecule has 0 saturated carbocycles. The van der Waals surface area contributed by atoms with E-state index in [9.17, 15) is 0 Å². The molecule has 3 N–H and O–H groups in total. The molecule has 1 aliphatic rings. The highest BCUT2D eigenvalue weighted by atomic mass is 32.2. The van der Waals surface area contributed by atoms with Crippen LogP contribution < -0.4 is 11.1 Å². The van der Waals surface area contributed by atoms with Crippen molar-refractivity contribution in [2.45, 2.75) is 32.7 Å². The number of hydrogen-bond donors (Lipinski definition) is 2. The summed E-state index contributed by atoms with van der Waals surface area (Å²) in [6.07, 6.45) is 5.91. The van der Waals surface area contributed by atoms with Gasteiger partial charge in [-0.1, -0.05) is 18.2 Å². The van der Waals surface area contributed by atoms with Crippen LogP contribution in [-0.4, -0.2) is 61.3 Å². The average molecular weight is 529 g/mol. The number of hydrogen-bond acceptors (Lipinski definition) is 9. The number of fused-ring (bicyclic) bond motifs is 2. The minimum Gasteiger partial charge on any atom is -0.423 e. The number of rotatable bonds is 7. The molecular weight excluding hydrogens is 496 g/mol. The molecule has 196 valence electrons. The molecule has 6 rings (SSSR count). The van der Waals surface area contributed by atoms with Crippen molar-refractivity contribution in [2.24, 2.45) is 0 Å². The Morgan fingerprint density at radius 2 is 2.00 bits per heavy atom. The van der Waals surface area contributed by atoms with Crippen LogP contribution in [0.4, 0.5) is 17.5 Å². The van der Waals surface area contributed by atoms with Crippen LogP contribution >= 0.6 is 11.8 Å². The third-order valence-electron chi connectivity index (χ3n) is 7.19. The average Bonchev–Trinajstić information content (AvgIpc) is 3.50. The van der Waals surface area contributed by atoms with Gasteiger partial charge in [0.1, 0.15) is 23.4 Å². The number of nitrogens with two attached hydrogens (primary N) is 1. The van der Waals surface area contributed by atoms with E-state index < -0.39 is 0 Å². The molecule has 4 heterocycles. The van der Waals surface area contributed by atoms with Gasteiger partial charge in [0.15, 0.2) is 11.2 Å². The second-order valence-corrected chi connectivity index (χ2v) is 11.0. The minimum atomic E-state index is 0.253. The third kappa shape index (κ3) is 4.69. The molecule has 0 bridgehead atoms. The van der Waals surface area contributed by atoms with E-state index in [1.807, 2.05) is 49.0 Å². The fourth-order valence-electron chi connectivity index (χ4n) is 5.37. The SMILES string of the molecule is CSCCN1CCC[C@@H](n2nc(-c3ccc(Nc4nc5cc(C)cc(C)c5o4)cc3)c3c(N)ncnc32)C1. The lowest BCUT2D eigenvalue weighted by molar-refractivity contribution is 0.181. The maximum atomic E-state index is 6.37. The molecule has 5 aromatic rings. The highest BCUT2D eigenvalue weighted by Crippen LogP contribution is 2.34. The molecule has 0 spiro atoms. The van der Waals surface area contributed by atoms with Crippen LogP contribution in [-0.2, 0) is 0 Å². The number of nitrogens with zero attached hydrogens (tertiary/aromatic N) is 6. The Hall–Kier alpha value is -3.63. The number of piperidine rings is 1. The van der Waals surface area contributed by atoms with Crippen molar-refractivity contribution in [3.63, 3.8) is 0 Å². The lowest BCUT2D eigenvalue weighted by Gasteiger charge is -2.32. The molecule has 0 radical (unpaired) electrons. The Balaban J connectivity index is 1.29. The van der Waals surface area contributed by atoms with Crippen molar-refractivity contribution in [1.82, 2.24) is 29.6 Å². The van der Waals surface area contributed by atoms with E-state index in [2.05, 4.69) is 49.1 Å². The van der Waals surface area contributed by atoms with Crippen molar-refractivity contribution in [2.75, 3.05) is 42.7 Å². The zero-order valence-electron chi connectivity index (χ0n) is 21.9. The molecule has 1 saturated heterocycles. The van der Waals surface area contributed by atoms with E-state index in [4.69, 9.17) is 15.2 Å². The van der Waals surface area contributed by atoms with Crippen molar-refractivity contribution >= 4 is 51.4 Å². The summed E-state index contributed by atoms with van der Waals surface area (Å²) in [6.45, 7) is 7.29. The van der Waals surface area contributed by atoms with Crippen molar-refractivity contribution < 1.29 is 4.42 Å². The van der Waals surface area contributed by atoms with E-state index in [1.54, 1.807) is 0 Å². The summed E-state index contributed by atoms with van der Waals surface area (Å²) in [5, 5.41) is 9.16. The van der Waals surface area contributed by atoms with Crippen molar-refractivity contribution in [3.8, 4) is 11.3 Å². The molecule has 38 heavy (non-hydrogen) atoms. The Bertz CT molecular complexity index is 1590. The van der Waals surface area contributed by atoms with E-state index in [0.29, 0.717) is 11.8 Å². The first-order valence-electron chi connectivity index (χ1n) is 13.0. The monoisotopic (exact) mass is 528 g/mol. The smallest absolute Gasteiger partial charge is 0.300 e. The predicted molar refractivity (Wildman–Crippen MR) is 155 cm³/mol. The number of nitrogens with one attached hydrogen (secondary N) is 1. The second kappa shape index (κ2) is 10.3. The maximum absolute atomic E-state index is 6.37. The fourth-order valence-corrected chi connectivity index (χ4v) is 5.81. The van der Waals surface area contributed by atoms with Gasteiger partial charge in [-0.3, -0.25) is 0 Å². The van der Waals surface area contributed by atoms with E-state index in [-0.39, 0.29) is 6.04 Å². The fraction of sp³-hybridized carbons (Fsp3) is 0.357. The lowest BCUT2D eigenvalue weighted by Crippen LogP contribution is -2.38. The topological polar surface area (TPSA) is 111 Å². The second-order valence-electron chi connectivity index (χ2n) is 9.99. The summed E-state index contributed by atoms with van der Waals surface area (Å²) < 4.78 is 8.05. The molecule has 0 unspecified atom stereocenters. The zero-order valence-corrected chi connectivity index (χ0v) is 22.8. The van der Waals surface area contributed by atoms with Gasteiger partial charge in [-0.25, -0.2) is 14.6 Å². The van der Waals surface area contributed by atoms with Crippen LogP contribution in [0.1, 0.15) is 30.0 Å². The molecular formula is C28H32N8OS. The number of nitrogen functional groups attached to an aromatic ring is 1. The van der Waals surface area contributed by atoms with Gasteiger partial charge in [-0.05, 0) is 68.8 Å². The molecule has 1 aliphatic heterocycles. The number of anilines is 3. The maximum Gasteiger partial charge on any atom is 0.300 e. The van der Waals surface area contributed by atoms with Gasteiger partial charge in [0, 0.05) is 30.1 Å². The molecule has 0 aliphatic carbocycles. The zero-order chi connectivity index (χ0) is 26.2. The summed E-state index contributed by atoms with van der Waals surface area (Å²) in [7, 11) is 0. The number of likely N-dealkylation sites (tertiary alicyclic amines) is 1. The van der Waals surface area contributed by atoms with Crippen LogP contribution in [0.15, 0.2) is 47.1 Å². The van der Waals surface area contributed by atoms with Crippen molar-refractivity contribution in [1.29, 1.82) is 0 Å². The molecule has 10 heteroatoms. The first kappa shape index (κ1) is 24.7. The highest BCUT2D eigenvalue weighted by molar-refractivity contribution is 7.98. The van der Waals surface area contributed by atoms with Crippen LogP contribution in [0.3, 0.4) is 0 Å². The van der Waals surface area contributed by atoms with Gasteiger partial charge < -0.3 is 20.4 Å². The highest BCUT2D eigenvalue weighted by Gasteiger charge is 2.26.